The summed E-state index contributed by atoms with van der Waals surface area (Å²) in [5, 5.41) is 8.14. The Hall–Kier alpha value is -0.930. The number of rotatable bonds is 2. The predicted molar refractivity (Wildman–Crippen MR) is 71.7 cm³/mol. The summed E-state index contributed by atoms with van der Waals surface area (Å²) in [7, 11) is 0. The molecule has 0 unspecified atom stereocenters. The van der Waals surface area contributed by atoms with Crippen LogP contribution in [0.2, 0.25) is 0 Å². The lowest BCUT2D eigenvalue weighted by molar-refractivity contribution is -0.146. The molecule has 0 aromatic carbocycles. The van der Waals surface area contributed by atoms with Gasteiger partial charge in [-0.25, -0.2) is 4.79 Å². The van der Waals surface area contributed by atoms with Crippen LogP contribution in [-0.2, 0) is 9.53 Å². The van der Waals surface area contributed by atoms with E-state index in [0.29, 0.717) is 24.3 Å². The van der Waals surface area contributed by atoms with E-state index >= 15 is 0 Å². The summed E-state index contributed by atoms with van der Waals surface area (Å²) in [6.07, 6.45) is 3.82. The van der Waals surface area contributed by atoms with Crippen LogP contribution in [0, 0.1) is 29.6 Å². The molecule has 0 amide bonds. The van der Waals surface area contributed by atoms with E-state index in [0.717, 1.165) is 5.92 Å². The molecule has 0 bridgehead atoms. The van der Waals surface area contributed by atoms with E-state index in [1.807, 2.05) is 0 Å². The maximum Gasteiger partial charge on any atom is 0.333 e. The maximum absolute atomic E-state index is 11.9. The molecule has 0 aromatic heterocycles. The normalized spacial score (nSPS) is 45.6. The van der Waals surface area contributed by atoms with Crippen molar-refractivity contribution in [1.29, 1.82) is 0 Å². The minimum Gasteiger partial charge on any atom is -0.460 e. The van der Waals surface area contributed by atoms with Crippen LogP contribution in [0.25, 0.3) is 0 Å². The third-order valence-electron chi connectivity index (χ3n) is 5.32. The highest BCUT2D eigenvalue weighted by molar-refractivity contribution is 5.79. The molecule has 0 aromatic rings. The summed E-state index contributed by atoms with van der Waals surface area (Å²) in [5.41, 5.74) is 0. The van der Waals surface area contributed by atoms with E-state index in [4.69, 9.17) is 4.74 Å². The summed E-state index contributed by atoms with van der Waals surface area (Å²) in [6, 6.07) is -0.296. The molecule has 2 heterocycles. The first-order chi connectivity index (χ1) is 9.08. The van der Waals surface area contributed by atoms with Crippen LogP contribution in [0.15, 0.2) is 10.2 Å². The highest BCUT2D eigenvalue weighted by atomic mass is 16.6. The van der Waals surface area contributed by atoms with Gasteiger partial charge in [-0.2, -0.15) is 10.2 Å². The average Bonchev–Trinajstić information content (AvgIpc) is 2.93. The van der Waals surface area contributed by atoms with Crippen molar-refractivity contribution in [3.8, 4) is 0 Å². The number of fused-ring (bicyclic) bond motifs is 1. The fourth-order valence-corrected chi connectivity index (χ4v) is 4.27. The summed E-state index contributed by atoms with van der Waals surface area (Å²) in [5.74, 6) is 2.65. The molecule has 2 aliphatic heterocycles. The Bertz CT molecular complexity index is 394. The number of carbonyl (C=O) groups excluding carboxylic acids is 1. The van der Waals surface area contributed by atoms with Crippen LogP contribution >= 0.6 is 0 Å². The summed E-state index contributed by atoms with van der Waals surface area (Å²) in [4.78, 5) is 11.9. The first kappa shape index (κ1) is 13.1. The first-order valence-corrected chi connectivity index (χ1v) is 7.65. The molecule has 6 atom stereocenters. The van der Waals surface area contributed by atoms with Gasteiger partial charge in [0.15, 0.2) is 6.04 Å². The Labute approximate surface area is 115 Å². The second-order valence-corrected chi connectivity index (χ2v) is 6.94. The number of hydrogen-bond acceptors (Lipinski definition) is 4. The van der Waals surface area contributed by atoms with Crippen molar-refractivity contribution in [1.82, 2.24) is 0 Å². The molecular weight excluding hydrogens is 240 g/mol. The van der Waals surface area contributed by atoms with Crippen LogP contribution < -0.4 is 0 Å². The molecule has 1 saturated heterocycles. The largest absolute Gasteiger partial charge is 0.460 e. The van der Waals surface area contributed by atoms with E-state index in [-0.39, 0.29) is 24.0 Å². The second kappa shape index (κ2) is 4.88. The Morgan fingerprint density at radius 3 is 2.79 bits per heavy atom. The Morgan fingerprint density at radius 1 is 1.26 bits per heavy atom. The zero-order valence-electron chi connectivity index (χ0n) is 12.1. The quantitative estimate of drug-likeness (QED) is 0.720. The fraction of sp³-hybridized carbons (Fsp3) is 0.933. The van der Waals surface area contributed by atoms with Crippen molar-refractivity contribution < 1.29 is 9.53 Å². The van der Waals surface area contributed by atoms with E-state index in [1.165, 1.54) is 19.3 Å². The first-order valence-electron chi connectivity index (χ1n) is 7.65. The third kappa shape index (κ3) is 2.19. The molecule has 2 fully saturated rings. The lowest BCUT2D eigenvalue weighted by atomic mass is 9.66. The van der Waals surface area contributed by atoms with Crippen LogP contribution in [-0.4, -0.2) is 24.7 Å². The van der Waals surface area contributed by atoms with Gasteiger partial charge in [0.1, 0.15) is 6.10 Å². The average molecular weight is 264 g/mol. The number of cyclic esters (lactones) is 1. The van der Waals surface area contributed by atoms with Crippen LogP contribution in [0.4, 0.5) is 0 Å². The van der Waals surface area contributed by atoms with Crippen molar-refractivity contribution in [3.05, 3.63) is 0 Å². The number of carbonyl (C=O) groups is 1. The molecule has 1 aliphatic carbocycles. The van der Waals surface area contributed by atoms with Gasteiger partial charge in [0.05, 0.1) is 12.5 Å². The minimum atomic E-state index is -0.296. The van der Waals surface area contributed by atoms with Gasteiger partial charge in [-0.05, 0) is 36.5 Å². The van der Waals surface area contributed by atoms with Gasteiger partial charge in [0, 0.05) is 0 Å². The smallest absolute Gasteiger partial charge is 0.333 e. The van der Waals surface area contributed by atoms with Gasteiger partial charge in [-0.3, -0.25) is 0 Å². The standard InChI is InChI=1S/C15H24N2O2/c1-8(2)10-5-4-9(3)6-11(10)14-12-7-16-17-13(12)15(18)19-14/h8-14H,4-7H2,1-3H3/t9-,10+,11-,12-,13+,14-/m0/s1. The molecule has 1 saturated carbocycles. The maximum atomic E-state index is 11.9. The lowest BCUT2D eigenvalue weighted by Gasteiger charge is -2.40. The van der Waals surface area contributed by atoms with Gasteiger partial charge in [-0.1, -0.05) is 27.2 Å². The van der Waals surface area contributed by atoms with Gasteiger partial charge >= 0.3 is 5.97 Å². The Kier molecular flexibility index (Phi) is 3.35. The molecule has 0 spiro atoms. The highest BCUT2D eigenvalue weighted by Crippen LogP contribution is 2.46. The summed E-state index contributed by atoms with van der Waals surface area (Å²) >= 11 is 0. The van der Waals surface area contributed by atoms with Crippen molar-refractivity contribution in [2.75, 3.05) is 6.54 Å². The SMILES string of the molecule is CC(C)[C@H]1CC[C@H](C)C[C@@H]1[C@@H]1OC(=O)[C@@H]2N=NC[C@H]12. The Morgan fingerprint density at radius 2 is 2.05 bits per heavy atom. The number of nitrogens with zero attached hydrogens (tertiary/aromatic N) is 2. The van der Waals surface area contributed by atoms with Gasteiger partial charge < -0.3 is 4.74 Å². The number of esters is 1. The molecule has 4 heteroatoms. The van der Waals surface area contributed by atoms with Crippen LogP contribution in [0.3, 0.4) is 0 Å². The van der Waals surface area contributed by atoms with Crippen molar-refractivity contribution in [3.63, 3.8) is 0 Å². The molecule has 0 radical (unpaired) electrons. The molecule has 19 heavy (non-hydrogen) atoms. The Balaban J connectivity index is 1.81. The summed E-state index contributed by atoms with van der Waals surface area (Å²) in [6.45, 7) is 7.59. The second-order valence-electron chi connectivity index (χ2n) is 6.94. The topological polar surface area (TPSA) is 51.0 Å². The van der Waals surface area contributed by atoms with Crippen LogP contribution in [0.5, 0.6) is 0 Å². The predicted octanol–water partition coefficient (Wildman–Crippen LogP) is 3.07. The number of ether oxygens (including phenoxy) is 1. The van der Waals surface area contributed by atoms with E-state index in [2.05, 4.69) is 31.0 Å². The fourth-order valence-electron chi connectivity index (χ4n) is 4.27. The third-order valence-corrected chi connectivity index (χ3v) is 5.32. The van der Waals surface area contributed by atoms with Crippen molar-refractivity contribution >= 4 is 5.97 Å². The molecule has 106 valence electrons. The molecular formula is C15H24N2O2. The van der Waals surface area contributed by atoms with E-state index in [1.54, 1.807) is 0 Å². The highest BCUT2D eigenvalue weighted by Gasteiger charge is 2.52. The van der Waals surface area contributed by atoms with Crippen LogP contribution in [0.1, 0.15) is 40.0 Å². The zero-order chi connectivity index (χ0) is 13.6. The monoisotopic (exact) mass is 264 g/mol. The van der Waals surface area contributed by atoms with Gasteiger partial charge in [0.2, 0.25) is 0 Å². The molecule has 3 rings (SSSR count). The molecule has 4 nitrogen and oxygen atoms in total. The lowest BCUT2D eigenvalue weighted by Crippen LogP contribution is -2.40. The molecule has 3 aliphatic rings. The van der Waals surface area contributed by atoms with E-state index < -0.39 is 0 Å². The zero-order valence-corrected chi connectivity index (χ0v) is 12.1. The minimum absolute atomic E-state index is 0.0580. The number of hydrogen-bond donors (Lipinski definition) is 0. The summed E-state index contributed by atoms with van der Waals surface area (Å²) < 4.78 is 5.70. The van der Waals surface area contributed by atoms with Gasteiger partial charge in [0.25, 0.3) is 0 Å². The number of azo groups is 1. The van der Waals surface area contributed by atoms with Crippen molar-refractivity contribution in [2.24, 2.45) is 39.8 Å². The molecule has 0 N–H and O–H groups in total. The van der Waals surface area contributed by atoms with Gasteiger partial charge in [-0.15, -0.1) is 0 Å². The van der Waals surface area contributed by atoms with Crippen molar-refractivity contribution in [2.45, 2.75) is 52.2 Å². The van der Waals surface area contributed by atoms with E-state index in [9.17, 15) is 4.79 Å².